The summed E-state index contributed by atoms with van der Waals surface area (Å²) >= 11 is 2.56. The van der Waals surface area contributed by atoms with Crippen LogP contribution in [0.1, 0.15) is 0 Å². The van der Waals surface area contributed by atoms with Crippen molar-refractivity contribution in [2.75, 3.05) is 5.53 Å². The van der Waals surface area contributed by atoms with Gasteiger partial charge in [0.05, 0.1) is 19.4 Å². The van der Waals surface area contributed by atoms with Gasteiger partial charge in [0.15, 0.2) is 0 Å². The van der Waals surface area contributed by atoms with Crippen LogP contribution in [0.2, 0.25) is 0 Å². The number of para-hydroxylation sites is 1. The summed E-state index contributed by atoms with van der Waals surface area (Å²) in [5.41, 5.74) is 3.48. The third-order valence-electron chi connectivity index (χ3n) is 4.05. The molecular formula is C18H13N5O3S2. The average Bonchev–Trinajstić information content (AvgIpc) is 3.08. The standard InChI is InChI=1S/C18H13N5O3S2/c19-21-22-10-20-16-15(17(22)24)14(11-6-2-1-3-7-11)18(28-16)27-13-9-5-4-8-12(13)23(25)26/h1-10,21H,19H2. The molecule has 0 aliphatic heterocycles. The Labute approximate surface area is 166 Å². The van der Waals surface area contributed by atoms with E-state index in [4.69, 9.17) is 5.84 Å². The topological polar surface area (TPSA) is 116 Å². The second-order valence-electron chi connectivity index (χ2n) is 5.69. The molecule has 0 aliphatic rings. The van der Waals surface area contributed by atoms with E-state index in [-0.39, 0.29) is 11.2 Å². The highest BCUT2D eigenvalue weighted by Gasteiger charge is 2.22. The molecular weight excluding hydrogens is 398 g/mol. The van der Waals surface area contributed by atoms with Crippen molar-refractivity contribution in [3.05, 3.63) is 81.4 Å². The molecule has 0 fully saturated rings. The van der Waals surface area contributed by atoms with Gasteiger partial charge in [-0.15, -0.1) is 11.3 Å². The maximum atomic E-state index is 12.9. The van der Waals surface area contributed by atoms with Gasteiger partial charge < -0.3 is 0 Å². The molecule has 4 rings (SSSR count). The van der Waals surface area contributed by atoms with E-state index in [9.17, 15) is 14.9 Å². The highest BCUT2D eigenvalue weighted by Crippen LogP contribution is 2.46. The summed E-state index contributed by atoms with van der Waals surface area (Å²) in [6.45, 7) is 0. The Morgan fingerprint density at radius 2 is 1.86 bits per heavy atom. The second-order valence-corrected chi connectivity index (χ2v) is 8.00. The van der Waals surface area contributed by atoms with Crippen LogP contribution in [0, 0.1) is 10.1 Å². The first-order valence-corrected chi connectivity index (χ1v) is 9.71. The number of benzene rings is 2. The molecule has 0 amide bonds. The van der Waals surface area contributed by atoms with E-state index in [1.807, 2.05) is 30.3 Å². The lowest BCUT2D eigenvalue weighted by atomic mass is 10.1. The van der Waals surface area contributed by atoms with Crippen LogP contribution < -0.4 is 16.9 Å². The van der Waals surface area contributed by atoms with Crippen molar-refractivity contribution in [3.63, 3.8) is 0 Å². The third kappa shape index (κ3) is 3.13. The van der Waals surface area contributed by atoms with Gasteiger partial charge in [-0.25, -0.2) is 10.8 Å². The molecule has 2 aromatic heterocycles. The summed E-state index contributed by atoms with van der Waals surface area (Å²) in [6.07, 6.45) is 1.31. The molecule has 2 aromatic carbocycles. The largest absolute Gasteiger partial charge is 0.283 e. The summed E-state index contributed by atoms with van der Waals surface area (Å²) < 4.78 is 1.84. The van der Waals surface area contributed by atoms with Crippen LogP contribution >= 0.6 is 23.1 Å². The molecule has 28 heavy (non-hydrogen) atoms. The van der Waals surface area contributed by atoms with E-state index in [0.717, 1.165) is 14.4 Å². The summed E-state index contributed by atoms with van der Waals surface area (Å²) in [6, 6.07) is 15.9. The molecule has 0 atom stereocenters. The summed E-state index contributed by atoms with van der Waals surface area (Å²) in [5.74, 6) is 5.41. The van der Waals surface area contributed by atoms with Crippen molar-refractivity contribution < 1.29 is 4.92 Å². The molecule has 0 saturated heterocycles. The number of hydrazine groups is 1. The van der Waals surface area contributed by atoms with Crippen LogP contribution in [0.5, 0.6) is 0 Å². The molecule has 0 bridgehead atoms. The first kappa shape index (κ1) is 18.2. The van der Waals surface area contributed by atoms with E-state index in [0.29, 0.717) is 20.7 Å². The molecule has 0 spiro atoms. The van der Waals surface area contributed by atoms with Gasteiger partial charge in [-0.1, -0.05) is 54.2 Å². The van der Waals surface area contributed by atoms with Gasteiger partial charge >= 0.3 is 0 Å². The molecule has 0 saturated carbocycles. The second kappa shape index (κ2) is 7.43. The fourth-order valence-corrected chi connectivity index (χ4v) is 5.27. The predicted molar refractivity (Wildman–Crippen MR) is 110 cm³/mol. The lowest BCUT2D eigenvalue weighted by molar-refractivity contribution is -0.387. The Morgan fingerprint density at radius 3 is 2.57 bits per heavy atom. The van der Waals surface area contributed by atoms with Gasteiger partial charge in [0.25, 0.3) is 11.2 Å². The molecule has 3 N–H and O–H groups in total. The summed E-state index contributed by atoms with van der Waals surface area (Å²) in [4.78, 5) is 29.2. The normalized spacial score (nSPS) is 10.9. The molecule has 0 aliphatic carbocycles. The van der Waals surface area contributed by atoms with Gasteiger partial charge in [0.2, 0.25) is 0 Å². The minimum Gasteiger partial charge on any atom is -0.267 e. The van der Waals surface area contributed by atoms with Gasteiger partial charge in [-0.3, -0.25) is 20.4 Å². The molecule has 2 heterocycles. The van der Waals surface area contributed by atoms with Gasteiger partial charge in [-0.05, 0) is 11.6 Å². The van der Waals surface area contributed by atoms with E-state index < -0.39 is 4.92 Å². The number of hydrogen-bond donors (Lipinski definition) is 2. The lowest BCUT2D eigenvalue weighted by Crippen LogP contribution is -2.33. The fraction of sp³-hybridized carbons (Fsp3) is 0. The smallest absolute Gasteiger partial charge is 0.267 e. The zero-order chi connectivity index (χ0) is 19.7. The monoisotopic (exact) mass is 411 g/mol. The molecule has 4 aromatic rings. The van der Waals surface area contributed by atoms with Crippen LogP contribution in [0.4, 0.5) is 5.69 Å². The fourth-order valence-electron chi connectivity index (χ4n) is 2.80. The zero-order valence-electron chi connectivity index (χ0n) is 14.2. The van der Waals surface area contributed by atoms with Gasteiger partial charge in [0, 0.05) is 11.6 Å². The maximum absolute atomic E-state index is 12.9. The van der Waals surface area contributed by atoms with Crippen molar-refractivity contribution in [2.24, 2.45) is 5.84 Å². The first-order chi connectivity index (χ1) is 13.6. The highest BCUT2D eigenvalue weighted by atomic mass is 32.2. The SMILES string of the molecule is NNn1cnc2sc(Sc3ccccc3[N+](=O)[O-])c(-c3ccccc3)c2c1=O. The number of nitro groups is 1. The Kier molecular flexibility index (Phi) is 4.82. The summed E-state index contributed by atoms with van der Waals surface area (Å²) in [7, 11) is 0. The van der Waals surface area contributed by atoms with E-state index in [1.165, 1.54) is 35.5 Å². The van der Waals surface area contributed by atoms with Crippen LogP contribution in [-0.4, -0.2) is 14.6 Å². The highest BCUT2D eigenvalue weighted by molar-refractivity contribution is 8.01. The quantitative estimate of drug-likeness (QED) is 0.293. The molecule has 10 heteroatoms. The zero-order valence-corrected chi connectivity index (χ0v) is 15.9. The number of hydrogen-bond acceptors (Lipinski definition) is 8. The Morgan fingerprint density at radius 1 is 1.14 bits per heavy atom. The average molecular weight is 411 g/mol. The van der Waals surface area contributed by atoms with Crippen LogP contribution in [0.3, 0.4) is 0 Å². The number of thiophene rings is 1. The maximum Gasteiger partial charge on any atom is 0.283 e. The van der Waals surface area contributed by atoms with E-state index in [1.54, 1.807) is 18.2 Å². The van der Waals surface area contributed by atoms with Crippen molar-refractivity contribution in [3.8, 4) is 11.1 Å². The van der Waals surface area contributed by atoms with Crippen molar-refractivity contribution in [1.82, 2.24) is 9.66 Å². The van der Waals surface area contributed by atoms with Gasteiger partial charge in [0.1, 0.15) is 11.2 Å². The number of aromatic nitrogens is 2. The minimum absolute atomic E-state index is 0.0120. The number of nitrogens with two attached hydrogens (primary N) is 1. The van der Waals surface area contributed by atoms with Crippen LogP contribution in [-0.2, 0) is 0 Å². The first-order valence-electron chi connectivity index (χ1n) is 8.07. The van der Waals surface area contributed by atoms with Gasteiger partial charge in [-0.2, -0.15) is 4.68 Å². The van der Waals surface area contributed by atoms with Crippen LogP contribution in [0.25, 0.3) is 21.3 Å². The number of nitro benzene ring substituents is 1. The van der Waals surface area contributed by atoms with E-state index in [2.05, 4.69) is 10.5 Å². The van der Waals surface area contributed by atoms with Crippen molar-refractivity contribution in [2.45, 2.75) is 9.10 Å². The number of nitrogens with one attached hydrogen (secondary N) is 1. The summed E-state index contributed by atoms with van der Waals surface area (Å²) in [5, 5.41) is 11.8. The van der Waals surface area contributed by atoms with Crippen LogP contribution in [0.15, 0.2) is 74.8 Å². The molecule has 140 valence electrons. The Balaban J connectivity index is 1.98. The Bertz CT molecular complexity index is 1240. The van der Waals surface area contributed by atoms with Crippen molar-refractivity contribution >= 4 is 39.0 Å². The number of nitrogens with zero attached hydrogens (tertiary/aromatic N) is 3. The molecule has 8 nitrogen and oxygen atoms in total. The predicted octanol–water partition coefficient (Wildman–Crippen LogP) is 3.60. The minimum atomic E-state index is -0.415. The van der Waals surface area contributed by atoms with E-state index >= 15 is 0 Å². The number of nitrogen functional groups attached to an aromatic ring is 1. The number of rotatable bonds is 5. The van der Waals surface area contributed by atoms with Crippen molar-refractivity contribution in [1.29, 1.82) is 0 Å². The Hall–Kier alpha value is -3.21. The number of fused-ring (bicyclic) bond motifs is 1. The molecule has 0 unspecified atom stereocenters. The molecule has 0 radical (unpaired) electrons. The third-order valence-corrected chi connectivity index (χ3v) is 6.39. The lowest BCUT2D eigenvalue weighted by Gasteiger charge is -2.06.